The molecule has 1 aliphatic carbocycles. The molecule has 0 unspecified atom stereocenters. The summed E-state index contributed by atoms with van der Waals surface area (Å²) in [5.74, 6) is 0.611. The van der Waals surface area contributed by atoms with Crippen LogP contribution in [0.2, 0.25) is 0 Å². The van der Waals surface area contributed by atoms with Gasteiger partial charge in [-0.25, -0.2) is 4.68 Å². The van der Waals surface area contributed by atoms with Gasteiger partial charge in [-0.2, -0.15) is 0 Å². The van der Waals surface area contributed by atoms with E-state index in [1.807, 2.05) is 47.8 Å². The molecule has 1 saturated carbocycles. The van der Waals surface area contributed by atoms with Gasteiger partial charge in [0, 0.05) is 22.5 Å². The lowest BCUT2D eigenvalue weighted by Crippen LogP contribution is -2.47. The highest BCUT2D eigenvalue weighted by molar-refractivity contribution is 7.09. The lowest BCUT2D eigenvalue weighted by molar-refractivity contribution is -0.142. The molecule has 5 rings (SSSR count). The summed E-state index contributed by atoms with van der Waals surface area (Å²) in [6, 6.07) is 15.9. The standard InChI is InChI=1S/C29H33N5O4S/c1-37-21-14-15-23(26(17-21)38-2)28(29(36)30-20-9-4-3-5-10-20)33(18-22-11-8-16-39-22)27(35)19-34-25-13-7-6-12-24(25)31-32-34/h6-8,11-17,20,28H,3-5,9-10,18-19H2,1-2H3,(H,30,36)/t28-/m1/s1. The van der Waals surface area contributed by atoms with Gasteiger partial charge < -0.3 is 19.7 Å². The lowest BCUT2D eigenvalue weighted by Gasteiger charge is -2.34. The van der Waals surface area contributed by atoms with Crippen LogP contribution in [0, 0.1) is 0 Å². The SMILES string of the molecule is COc1ccc([C@H](C(=O)NC2CCCCC2)N(Cc2cccs2)C(=O)Cn2nnc3ccccc32)c(OC)c1. The maximum atomic E-state index is 14.1. The maximum absolute atomic E-state index is 14.1. The van der Waals surface area contributed by atoms with Gasteiger partial charge in [0.1, 0.15) is 29.6 Å². The van der Waals surface area contributed by atoms with Crippen molar-refractivity contribution in [3.8, 4) is 11.5 Å². The van der Waals surface area contributed by atoms with Crippen LogP contribution in [0.1, 0.15) is 48.6 Å². The average Bonchev–Trinajstić information content (AvgIpc) is 3.63. The van der Waals surface area contributed by atoms with Crippen LogP contribution in [0.15, 0.2) is 60.0 Å². The number of nitrogens with zero attached hydrogens (tertiary/aromatic N) is 4. The summed E-state index contributed by atoms with van der Waals surface area (Å²) in [5, 5.41) is 13.6. The fraction of sp³-hybridized carbons (Fsp3) is 0.379. The van der Waals surface area contributed by atoms with Gasteiger partial charge in [-0.3, -0.25) is 9.59 Å². The monoisotopic (exact) mass is 547 g/mol. The van der Waals surface area contributed by atoms with E-state index in [9.17, 15) is 9.59 Å². The highest BCUT2D eigenvalue weighted by Gasteiger charge is 2.35. The van der Waals surface area contributed by atoms with Crippen molar-refractivity contribution in [2.75, 3.05) is 14.2 Å². The quantitative estimate of drug-likeness (QED) is 0.308. The van der Waals surface area contributed by atoms with E-state index >= 15 is 0 Å². The van der Waals surface area contributed by atoms with Crippen LogP contribution >= 0.6 is 11.3 Å². The number of carbonyl (C=O) groups excluding carboxylic acids is 2. The number of ether oxygens (including phenoxy) is 2. The Bertz CT molecular complexity index is 1410. The number of aromatic nitrogens is 3. The third-order valence-electron chi connectivity index (χ3n) is 7.18. The van der Waals surface area contributed by atoms with Crippen LogP contribution in [0.4, 0.5) is 0 Å². The van der Waals surface area contributed by atoms with E-state index in [0.717, 1.165) is 36.1 Å². The smallest absolute Gasteiger partial charge is 0.247 e. The zero-order valence-corrected chi connectivity index (χ0v) is 23.0. The summed E-state index contributed by atoms with van der Waals surface area (Å²) in [5.41, 5.74) is 2.06. The Morgan fingerprint density at radius 3 is 2.64 bits per heavy atom. The van der Waals surface area contributed by atoms with E-state index in [1.165, 1.54) is 6.42 Å². The number of methoxy groups -OCH3 is 2. The van der Waals surface area contributed by atoms with Crippen LogP contribution in [-0.4, -0.2) is 52.0 Å². The van der Waals surface area contributed by atoms with Gasteiger partial charge in [0.25, 0.3) is 0 Å². The molecule has 2 aromatic heterocycles. The predicted octanol–water partition coefficient (Wildman–Crippen LogP) is 4.73. The number of rotatable bonds is 10. The number of benzene rings is 2. The molecular formula is C29H33N5O4S. The second-order valence-electron chi connectivity index (χ2n) is 9.69. The number of nitrogens with one attached hydrogen (secondary N) is 1. The van der Waals surface area contributed by atoms with Crippen molar-refractivity contribution < 1.29 is 19.1 Å². The van der Waals surface area contributed by atoms with Crippen molar-refractivity contribution in [2.45, 2.75) is 57.3 Å². The Balaban J connectivity index is 1.55. The number of para-hydroxylation sites is 1. The summed E-state index contributed by atoms with van der Waals surface area (Å²) in [6.07, 6.45) is 5.21. The largest absolute Gasteiger partial charge is 0.497 e. The van der Waals surface area contributed by atoms with Crippen molar-refractivity contribution in [2.24, 2.45) is 0 Å². The molecule has 204 valence electrons. The molecule has 10 heteroatoms. The van der Waals surface area contributed by atoms with Gasteiger partial charge in [-0.15, -0.1) is 16.4 Å². The Morgan fingerprint density at radius 1 is 1.08 bits per heavy atom. The first-order valence-corrected chi connectivity index (χ1v) is 14.1. The zero-order chi connectivity index (χ0) is 27.2. The van der Waals surface area contributed by atoms with Crippen molar-refractivity contribution in [3.63, 3.8) is 0 Å². The molecule has 0 aliphatic heterocycles. The fourth-order valence-corrected chi connectivity index (χ4v) is 5.87. The van der Waals surface area contributed by atoms with E-state index in [0.29, 0.717) is 22.6 Å². The summed E-state index contributed by atoms with van der Waals surface area (Å²) in [7, 11) is 3.14. The molecular weight excluding hydrogens is 514 g/mol. The van der Waals surface area contributed by atoms with E-state index in [2.05, 4.69) is 15.6 Å². The minimum atomic E-state index is -0.919. The molecule has 2 amide bonds. The van der Waals surface area contributed by atoms with Crippen molar-refractivity contribution in [1.29, 1.82) is 0 Å². The first-order chi connectivity index (χ1) is 19.1. The number of hydrogen-bond donors (Lipinski definition) is 1. The van der Waals surface area contributed by atoms with E-state index < -0.39 is 6.04 Å². The molecule has 0 bridgehead atoms. The molecule has 2 heterocycles. The number of carbonyl (C=O) groups is 2. The van der Waals surface area contributed by atoms with Gasteiger partial charge in [0.15, 0.2) is 0 Å². The molecule has 39 heavy (non-hydrogen) atoms. The van der Waals surface area contributed by atoms with Crippen LogP contribution in [-0.2, 0) is 22.7 Å². The second kappa shape index (κ2) is 12.3. The third-order valence-corrected chi connectivity index (χ3v) is 8.04. The molecule has 4 aromatic rings. The Hall–Kier alpha value is -3.92. The summed E-state index contributed by atoms with van der Waals surface area (Å²) in [6.45, 7) is 0.207. The minimum absolute atomic E-state index is 0.0580. The van der Waals surface area contributed by atoms with Gasteiger partial charge >= 0.3 is 0 Å². The zero-order valence-electron chi connectivity index (χ0n) is 22.2. The second-order valence-corrected chi connectivity index (χ2v) is 10.7. The minimum Gasteiger partial charge on any atom is -0.497 e. The Labute approximate surface area is 231 Å². The van der Waals surface area contributed by atoms with Gasteiger partial charge in [-0.05, 0) is 48.6 Å². The average molecular weight is 548 g/mol. The maximum Gasteiger partial charge on any atom is 0.247 e. The fourth-order valence-electron chi connectivity index (χ4n) is 5.17. The van der Waals surface area contributed by atoms with E-state index in [1.54, 1.807) is 47.3 Å². The first-order valence-electron chi connectivity index (χ1n) is 13.2. The van der Waals surface area contributed by atoms with Gasteiger partial charge in [-0.1, -0.05) is 42.7 Å². The van der Waals surface area contributed by atoms with Gasteiger partial charge in [0.05, 0.1) is 26.3 Å². The molecule has 2 aromatic carbocycles. The number of hydrogen-bond acceptors (Lipinski definition) is 7. The lowest BCUT2D eigenvalue weighted by atomic mass is 9.94. The third kappa shape index (κ3) is 6.06. The highest BCUT2D eigenvalue weighted by atomic mass is 32.1. The van der Waals surface area contributed by atoms with E-state index in [-0.39, 0.29) is 30.9 Å². The Morgan fingerprint density at radius 2 is 1.90 bits per heavy atom. The van der Waals surface area contributed by atoms with Crippen molar-refractivity contribution in [3.05, 3.63) is 70.4 Å². The number of thiophene rings is 1. The van der Waals surface area contributed by atoms with Crippen LogP contribution in [0.5, 0.6) is 11.5 Å². The van der Waals surface area contributed by atoms with E-state index in [4.69, 9.17) is 9.47 Å². The molecule has 0 radical (unpaired) electrons. The van der Waals surface area contributed by atoms with Crippen LogP contribution in [0.25, 0.3) is 11.0 Å². The summed E-state index contributed by atoms with van der Waals surface area (Å²) >= 11 is 1.54. The summed E-state index contributed by atoms with van der Waals surface area (Å²) < 4.78 is 12.7. The molecule has 1 atom stereocenters. The Kier molecular flexibility index (Phi) is 8.41. The summed E-state index contributed by atoms with van der Waals surface area (Å²) in [4.78, 5) is 30.8. The molecule has 1 N–H and O–H groups in total. The van der Waals surface area contributed by atoms with Crippen LogP contribution < -0.4 is 14.8 Å². The highest BCUT2D eigenvalue weighted by Crippen LogP contribution is 2.35. The topological polar surface area (TPSA) is 98.6 Å². The normalized spacial score (nSPS) is 14.6. The molecule has 0 spiro atoms. The van der Waals surface area contributed by atoms with Crippen molar-refractivity contribution >= 4 is 34.2 Å². The molecule has 0 saturated heterocycles. The van der Waals surface area contributed by atoms with Crippen LogP contribution in [0.3, 0.4) is 0 Å². The first kappa shape index (κ1) is 26.7. The van der Waals surface area contributed by atoms with Gasteiger partial charge in [0.2, 0.25) is 11.8 Å². The number of amides is 2. The molecule has 1 fully saturated rings. The van der Waals surface area contributed by atoms with Crippen molar-refractivity contribution in [1.82, 2.24) is 25.2 Å². The molecule has 9 nitrogen and oxygen atoms in total. The predicted molar refractivity (Wildman–Crippen MR) is 150 cm³/mol. The number of fused-ring (bicyclic) bond motifs is 1. The molecule has 1 aliphatic rings.